The maximum absolute atomic E-state index is 8.31. The monoisotopic (exact) mass is 154 g/mol. The molecule has 0 aromatic carbocycles. The first-order valence-corrected chi connectivity index (χ1v) is 3.26. The molecular formula is C7H10N2O2. The fourth-order valence-corrected chi connectivity index (χ4v) is 0.755. The molecule has 0 atom stereocenters. The van der Waals surface area contributed by atoms with Crippen LogP contribution < -0.4 is 0 Å². The van der Waals surface area contributed by atoms with Gasteiger partial charge in [-0.2, -0.15) is 0 Å². The molecule has 1 aromatic rings. The fraction of sp³-hybridized carbons (Fsp3) is 0.429. The molecule has 1 aromatic heterocycles. The summed E-state index contributed by atoms with van der Waals surface area (Å²) in [5, 5.41) is 15.0. The predicted octanol–water partition coefficient (Wildman–Crippen LogP) is 1.41. The van der Waals surface area contributed by atoms with Crippen LogP contribution in [0.25, 0.3) is 0 Å². The molecule has 0 fully saturated rings. The van der Waals surface area contributed by atoms with Gasteiger partial charge in [0.2, 0.25) is 0 Å². The van der Waals surface area contributed by atoms with Crippen molar-refractivity contribution in [3.8, 4) is 0 Å². The van der Waals surface area contributed by atoms with E-state index in [0.29, 0.717) is 0 Å². The largest absolute Gasteiger partial charge is 0.411 e. The van der Waals surface area contributed by atoms with Gasteiger partial charge in [-0.05, 0) is 13.8 Å². The van der Waals surface area contributed by atoms with Crippen molar-refractivity contribution >= 4 is 6.21 Å². The topological polar surface area (TPSA) is 58.6 Å². The van der Waals surface area contributed by atoms with Crippen molar-refractivity contribution in [1.29, 1.82) is 0 Å². The third-order valence-corrected chi connectivity index (χ3v) is 1.48. The average Bonchev–Trinajstić information content (AvgIpc) is 2.37. The van der Waals surface area contributed by atoms with Crippen LogP contribution in [0.3, 0.4) is 0 Å². The number of nitrogens with zero attached hydrogens (tertiary/aromatic N) is 2. The van der Waals surface area contributed by atoms with Crippen molar-refractivity contribution < 1.29 is 9.73 Å². The lowest BCUT2D eigenvalue weighted by Gasteiger charge is -2.13. The molecule has 60 valence electrons. The average molecular weight is 154 g/mol. The maximum Gasteiger partial charge on any atom is 0.124 e. The molecule has 0 amide bonds. The van der Waals surface area contributed by atoms with Crippen LogP contribution in [0.4, 0.5) is 0 Å². The van der Waals surface area contributed by atoms with Crippen molar-refractivity contribution in [1.82, 2.24) is 5.16 Å². The summed E-state index contributed by atoms with van der Waals surface area (Å²) >= 11 is 0. The van der Waals surface area contributed by atoms with E-state index in [1.165, 1.54) is 12.5 Å². The van der Waals surface area contributed by atoms with Crippen LogP contribution in [-0.4, -0.2) is 16.6 Å². The van der Waals surface area contributed by atoms with Gasteiger partial charge in [-0.1, -0.05) is 5.16 Å². The molecule has 1 rings (SSSR count). The van der Waals surface area contributed by atoms with Gasteiger partial charge >= 0.3 is 0 Å². The SMILES string of the molecule is CC(C)(C=NO)c1ccon1. The molecule has 4 nitrogen and oxygen atoms in total. The second-order valence-corrected chi connectivity index (χ2v) is 2.85. The summed E-state index contributed by atoms with van der Waals surface area (Å²) in [6.45, 7) is 3.76. The second-order valence-electron chi connectivity index (χ2n) is 2.85. The summed E-state index contributed by atoms with van der Waals surface area (Å²) in [5.74, 6) is 0. The van der Waals surface area contributed by atoms with E-state index < -0.39 is 0 Å². The molecule has 0 radical (unpaired) electrons. The Bertz CT molecular complexity index is 239. The van der Waals surface area contributed by atoms with Gasteiger partial charge in [0.1, 0.15) is 6.26 Å². The van der Waals surface area contributed by atoms with Crippen molar-refractivity contribution in [2.45, 2.75) is 19.3 Å². The molecule has 11 heavy (non-hydrogen) atoms. The second kappa shape index (κ2) is 2.74. The number of oxime groups is 1. The minimum atomic E-state index is -0.373. The van der Waals surface area contributed by atoms with Gasteiger partial charge in [0.05, 0.1) is 11.9 Å². The Kier molecular flexibility index (Phi) is 1.94. The van der Waals surface area contributed by atoms with E-state index in [0.717, 1.165) is 5.69 Å². The van der Waals surface area contributed by atoms with Gasteiger partial charge < -0.3 is 9.73 Å². The van der Waals surface area contributed by atoms with Gasteiger partial charge in [0.25, 0.3) is 0 Å². The van der Waals surface area contributed by atoms with Gasteiger partial charge in [0.15, 0.2) is 0 Å². The lowest BCUT2D eigenvalue weighted by Crippen LogP contribution is -2.19. The molecular weight excluding hydrogens is 144 g/mol. The van der Waals surface area contributed by atoms with E-state index in [-0.39, 0.29) is 5.41 Å². The van der Waals surface area contributed by atoms with Crippen LogP contribution in [0, 0.1) is 0 Å². The lowest BCUT2D eigenvalue weighted by molar-refractivity contribution is 0.317. The van der Waals surface area contributed by atoms with E-state index in [1.807, 2.05) is 13.8 Å². The van der Waals surface area contributed by atoms with Crippen LogP contribution in [0.5, 0.6) is 0 Å². The van der Waals surface area contributed by atoms with Crippen molar-refractivity contribution in [2.24, 2.45) is 5.16 Å². The molecule has 0 spiro atoms. The third kappa shape index (κ3) is 1.58. The Hall–Kier alpha value is -1.32. The molecule has 0 aliphatic heterocycles. The Labute approximate surface area is 64.5 Å². The van der Waals surface area contributed by atoms with E-state index in [4.69, 9.17) is 5.21 Å². The molecule has 0 saturated carbocycles. The standard InChI is InChI=1S/C7H10N2O2/c1-7(2,5-8-10)6-3-4-11-9-6/h3-5,10H,1-2H3. The smallest absolute Gasteiger partial charge is 0.124 e. The number of rotatable bonds is 2. The molecule has 1 heterocycles. The third-order valence-electron chi connectivity index (χ3n) is 1.48. The summed E-state index contributed by atoms with van der Waals surface area (Å²) < 4.78 is 4.65. The van der Waals surface area contributed by atoms with Crippen LogP contribution in [0.15, 0.2) is 22.0 Å². The first kappa shape index (κ1) is 7.78. The minimum absolute atomic E-state index is 0.373. The van der Waals surface area contributed by atoms with E-state index >= 15 is 0 Å². The highest BCUT2D eigenvalue weighted by atomic mass is 16.5. The summed E-state index contributed by atoms with van der Waals surface area (Å²) in [6, 6.07) is 1.74. The molecule has 0 aliphatic rings. The minimum Gasteiger partial charge on any atom is -0.411 e. The molecule has 0 aliphatic carbocycles. The lowest BCUT2D eigenvalue weighted by atomic mass is 9.91. The van der Waals surface area contributed by atoms with Crippen LogP contribution in [0.2, 0.25) is 0 Å². The molecule has 0 bridgehead atoms. The Balaban J connectivity index is 2.90. The quantitative estimate of drug-likeness (QED) is 0.398. The highest BCUT2D eigenvalue weighted by Crippen LogP contribution is 2.17. The summed E-state index contributed by atoms with van der Waals surface area (Å²) in [4.78, 5) is 0. The molecule has 0 saturated heterocycles. The summed E-state index contributed by atoms with van der Waals surface area (Å²) in [7, 11) is 0. The fourth-order valence-electron chi connectivity index (χ4n) is 0.755. The van der Waals surface area contributed by atoms with Gasteiger partial charge in [-0.3, -0.25) is 0 Å². The van der Waals surface area contributed by atoms with Crippen LogP contribution >= 0.6 is 0 Å². The zero-order valence-corrected chi connectivity index (χ0v) is 6.48. The highest BCUT2D eigenvalue weighted by molar-refractivity contribution is 5.70. The Morgan fingerprint density at radius 3 is 2.91 bits per heavy atom. The van der Waals surface area contributed by atoms with Gasteiger partial charge in [-0.15, -0.1) is 5.16 Å². The molecule has 1 N–H and O–H groups in total. The molecule has 0 unspecified atom stereocenters. The van der Waals surface area contributed by atoms with Crippen LogP contribution in [-0.2, 0) is 5.41 Å². The first-order valence-electron chi connectivity index (χ1n) is 3.26. The van der Waals surface area contributed by atoms with E-state index in [9.17, 15) is 0 Å². The van der Waals surface area contributed by atoms with Gasteiger partial charge in [-0.25, -0.2) is 0 Å². The zero-order chi connectivity index (χ0) is 8.32. The van der Waals surface area contributed by atoms with Crippen molar-refractivity contribution in [3.63, 3.8) is 0 Å². The van der Waals surface area contributed by atoms with E-state index in [1.54, 1.807) is 6.07 Å². The van der Waals surface area contributed by atoms with Crippen molar-refractivity contribution in [2.75, 3.05) is 0 Å². The maximum atomic E-state index is 8.31. The first-order chi connectivity index (χ1) is 5.17. The Morgan fingerprint density at radius 2 is 2.45 bits per heavy atom. The molecule has 4 heteroatoms. The number of aromatic nitrogens is 1. The highest BCUT2D eigenvalue weighted by Gasteiger charge is 2.21. The predicted molar refractivity (Wildman–Crippen MR) is 39.8 cm³/mol. The number of hydrogen-bond acceptors (Lipinski definition) is 4. The van der Waals surface area contributed by atoms with Crippen LogP contribution in [0.1, 0.15) is 19.5 Å². The van der Waals surface area contributed by atoms with E-state index in [2.05, 4.69) is 14.8 Å². The Morgan fingerprint density at radius 1 is 1.73 bits per heavy atom. The zero-order valence-electron chi connectivity index (χ0n) is 6.48. The summed E-state index contributed by atoms with van der Waals surface area (Å²) in [5.41, 5.74) is 0.372. The number of hydrogen-bond donors (Lipinski definition) is 1. The van der Waals surface area contributed by atoms with Crippen molar-refractivity contribution in [3.05, 3.63) is 18.0 Å². The summed E-state index contributed by atoms with van der Waals surface area (Å²) in [6.07, 6.45) is 2.90. The normalized spacial score (nSPS) is 12.5. The van der Waals surface area contributed by atoms with Gasteiger partial charge in [0, 0.05) is 11.5 Å².